The lowest BCUT2D eigenvalue weighted by Gasteiger charge is -2.24. The summed E-state index contributed by atoms with van der Waals surface area (Å²) >= 11 is 0. The minimum atomic E-state index is -0.384. The van der Waals surface area contributed by atoms with E-state index >= 15 is 0 Å². The van der Waals surface area contributed by atoms with Gasteiger partial charge in [-0.1, -0.05) is 0 Å². The average Bonchev–Trinajstić information content (AvgIpc) is 2.38. The molecule has 1 saturated heterocycles. The van der Waals surface area contributed by atoms with Crippen molar-refractivity contribution in [1.29, 1.82) is 0 Å². The molecule has 1 aromatic carbocycles. The van der Waals surface area contributed by atoms with Crippen LogP contribution in [0.1, 0.15) is 5.56 Å². The van der Waals surface area contributed by atoms with Crippen molar-refractivity contribution in [3.05, 3.63) is 33.9 Å². The van der Waals surface area contributed by atoms with Crippen LogP contribution < -0.4 is 10.6 Å². The molecular weight excluding hydrogens is 234 g/mol. The lowest BCUT2D eigenvalue weighted by atomic mass is 10.1. The Morgan fingerprint density at radius 1 is 1.61 bits per heavy atom. The fourth-order valence-corrected chi connectivity index (χ4v) is 1.93. The van der Waals surface area contributed by atoms with E-state index in [1.807, 2.05) is 6.92 Å². The molecule has 0 aliphatic carbocycles. The first-order valence-corrected chi connectivity index (χ1v) is 5.98. The van der Waals surface area contributed by atoms with Crippen LogP contribution in [0.2, 0.25) is 0 Å². The van der Waals surface area contributed by atoms with Crippen LogP contribution in [0.4, 0.5) is 11.4 Å². The van der Waals surface area contributed by atoms with Crippen molar-refractivity contribution < 1.29 is 9.66 Å². The van der Waals surface area contributed by atoms with Crippen molar-refractivity contribution in [2.75, 3.05) is 31.6 Å². The predicted molar refractivity (Wildman–Crippen MR) is 68.9 cm³/mol. The van der Waals surface area contributed by atoms with E-state index in [0.29, 0.717) is 6.54 Å². The highest BCUT2D eigenvalue weighted by Gasteiger charge is 2.14. The number of non-ortho nitro benzene ring substituents is 1. The third-order valence-electron chi connectivity index (χ3n) is 2.95. The standard InChI is InChI=1S/C12H17N3O3/c1-9-6-10(15(16)17)2-3-12(9)14-8-11-7-13-4-5-18-11/h2-3,6,11,13-14H,4-5,7-8H2,1H3. The minimum absolute atomic E-state index is 0.119. The van der Waals surface area contributed by atoms with Gasteiger partial charge in [-0.05, 0) is 18.6 Å². The van der Waals surface area contributed by atoms with Gasteiger partial charge in [0.1, 0.15) is 0 Å². The molecule has 0 spiro atoms. The lowest BCUT2D eigenvalue weighted by molar-refractivity contribution is -0.384. The number of nitro groups is 1. The van der Waals surface area contributed by atoms with Gasteiger partial charge in [0.25, 0.3) is 5.69 Å². The Hall–Kier alpha value is -1.66. The van der Waals surface area contributed by atoms with Crippen LogP contribution in [-0.4, -0.2) is 37.3 Å². The molecule has 0 amide bonds. The molecule has 2 rings (SSSR count). The summed E-state index contributed by atoms with van der Waals surface area (Å²) in [5.74, 6) is 0. The van der Waals surface area contributed by atoms with Gasteiger partial charge >= 0.3 is 0 Å². The Labute approximate surface area is 105 Å². The van der Waals surface area contributed by atoms with Crippen LogP contribution in [0.5, 0.6) is 0 Å². The van der Waals surface area contributed by atoms with E-state index in [1.54, 1.807) is 12.1 Å². The first kappa shape index (κ1) is 12.8. The number of aryl methyl sites for hydroxylation is 1. The summed E-state index contributed by atoms with van der Waals surface area (Å²) in [7, 11) is 0. The Kier molecular flexibility index (Phi) is 4.11. The number of anilines is 1. The van der Waals surface area contributed by atoms with Crippen LogP contribution >= 0.6 is 0 Å². The van der Waals surface area contributed by atoms with Crippen molar-refractivity contribution in [2.45, 2.75) is 13.0 Å². The summed E-state index contributed by atoms with van der Waals surface area (Å²) in [4.78, 5) is 10.2. The quantitative estimate of drug-likeness (QED) is 0.623. The van der Waals surface area contributed by atoms with E-state index in [2.05, 4.69) is 10.6 Å². The second kappa shape index (κ2) is 5.79. The maximum Gasteiger partial charge on any atom is 0.269 e. The largest absolute Gasteiger partial charge is 0.382 e. The van der Waals surface area contributed by atoms with Crippen molar-refractivity contribution in [1.82, 2.24) is 5.32 Å². The first-order chi connectivity index (χ1) is 8.66. The van der Waals surface area contributed by atoms with E-state index in [1.165, 1.54) is 6.07 Å². The topological polar surface area (TPSA) is 76.4 Å². The van der Waals surface area contributed by atoms with Crippen LogP contribution in [0.25, 0.3) is 0 Å². The van der Waals surface area contributed by atoms with Crippen LogP contribution in [0.15, 0.2) is 18.2 Å². The highest BCUT2D eigenvalue weighted by atomic mass is 16.6. The molecule has 6 heteroatoms. The average molecular weight is 251 g/mol. The molecule has 1 fully saturated rings. The lowest BCUT2D eigenvalue weighted by Crippen LogP contribution is -2.42. The molecule has 2 N–H and O–H groups in total. The fourth-order valence-electron chi connectivity index (χ4n) is 1.93. The third-order valence-corrected chi connectivity index (χ3v) is 2.95. The Morgan fingerprint density at radius 2 is 2.44 bits per heavy atom. The molecule has 1 heterocycles. The van der Waals surface area contributed by atoms with E-state index in [9.17, 15) is 10.1 Å². The molecule has 1 aliphatic rings. The zero-order valence-corrected chi connectivity index (χ0v) is 10.3. The zero-order chi connectivity index (χ0) is 13.0. The molecular formula is C12H17N3O3. The maximum atomic E-state index is 10.6. The number of benzene rings is 1. The molecule has 0 saturated carbocycles. The van der Waals surface area contributed by atoms with E-state index in [-0.39, 0.29) is 16.7 Å². The van der Waals surface area contributed by atoms with Crippen molar-refractivity contribution >= 4 is 11.4 Å². The maximum absolute atomic E-state index is 10.6. The summed E-state index contributed by atoms with van der Waals surface area (Å²) in [5.41, 5.74) is 1.90. The van der Waals surface area contributed by atoms with Gasteiger partial charge in [0, 0.05) is 37.5 Å². The van der Waals surface area contributed by atoms with Gasteiger partial charge in [0.05, 0.1) is 17.6 Å². The van der Waals surface area contributed by atoms with Crippen LogP contribution in [-0.2, 0) is 4.74 Å². The van der Waals surface area contributed by atoms with E-state index in [0.717, 1.165) is 30.9 Å². The molecule has 1 aromatic rings. The monoisotopic (exact) mass is 251 g/mol. The van der Waals surface area contributed by atoms with Gasteiger partial charge < -0.3 is 15.4 Å². The molecule has 98 valence electrons. The summed E-state index contributed by atoms with van der Waals surface area (Å²) in [5, 5.41) is 17.1. The molecule has 1 atom stereocenters. The van der Waals surface area contributed by atoms with E-state index < -0.39 is 0 Å². The summed E-state index contributed by atoms with van der Waals surface area (Å²) in [6.07, 6.45) is 0.147. The van der Waals surface area contributed by atoms with Crippen molar-refractivity contribution in [2.24, 2.45) is 0 Å². The summed E-state index contributed by atoms with van der Waals surface area (Å²) < 4.78 is 5.57. The zero-order valence-electron chi connectivity index (χ0n) is 10.3. The minimum Gasteiger partial charge on any atom is -0.382 e. The summed E-state index contributed by atoms with van der Waals surface area (Å²) in [6.45, 7) is 5.01. The molecule has 0 aromatic heterocycles. The smallest absolute Gasteiger partial charge is 0.269 e. The molecule has 18 heavy (non-hydrogen) atoms. The van der Waals surface area contributed by atoms with Gasteiger partial charge in [-0.25, -0.2) is 0 Å². The second-order valence-corrected chi connectivity index (χ2v) is 4.33. The Morgan fingerprint density at radius 3 is 3.06 bits per heavy atom. The third kappa shape index (κ3) is 3.18. The molecule has 0 bridgehead atoms. The molecule has 1 aliphatic heterocycles. The number of nitrogens with zero attached hydrogens (tertiary/aromatic N) is 1. The fraction of sp³-hybridized carbons (Fsp3) is 0.500. The number of ether oxygens (including phenoxy) is 1. The highest BCUT2D eigenvalue weighted by molar-refractivity contribution is 5.55. The SMILES string of the molecule is Cc1cc([N+](=O)[O-])ccc1NCC1CNCCO1. The Balaban J connectivity index is 1.94. The summed E-state index contributed by atoms with van der Waals surface area (Å²) in [6, 6.07) is 4.82. The normalized spacial score (nSPS) is 19.5. The van der Waals surface area contributed by atoms with Crippen molar-refractivity contribution in [3.8, 4) is 0 Å². The van der Waals surface area contributed by atoms with Gasteiger partial charge in [0.15, 0.2) is 0 Å². The number of nitro benzene ring substituents is 1. The van der Waals surface area contributed by atoms with E-state index in [4.69, 9.17) is 4.74 Å². The van der Waals surface area contributed by atoms with Gasteiger partial charge in [-0.15, -0.1) is 0 Å². The highest BCUT2D eigenvalue weighted by Crippen LogP contribution is 2.21. The number of hydrogen-bond acceptors (Lipinski definition) is 5. The predicted octanol–water partition coefficient (Wildman–Crippen LogP) is 1.30. The van der Waals surface area contributed by atoms with Gasteiger partial charge in [0.2, 0.25) is 0 Å². The second-order valence-electron chi connectivity index (χ2n) is 4.33. The van der Waals surface area contributed by atoms with Crippen LogP contribution in [0, 0.1) is 17.0 Å². The number of rotatable bonds is 4. The number of morpholine rings is 1. The van der Waals surface area contributed by atoms with Crippen LogP contribution in [0.3, 0.4) is 0 Å². The Bertz CT molecular complexity index is 431. The number of nitrogens with one attached hydrogen (secondary N) is 2. The first-order valence-electron chi connectivity index (χ1n) is 5.98. The van der Waals surface area contributed by atoms with Crippen molar-refractivity contribution in [3.63, 3.8) is 0 Å². The number of hydrogen-bond donors (Lipinski definition) is 2. The van der Waals surface area contributed by atoms with Gasteiger partial charge in [-0.2, -0.15) is 0 Å². The van der Waals surface area contributed by atoms with Gasteiger partial charge in [-0.3, -0.25) is 10.1 Å². The molecule has 1 unspecified atom stereocenters. The molecule has 6 nitrogen and oxygen atoms in total. The molecule has 0 radical (unpaired) electrons.